The molecule has 0 unspecified atom stereocenters. The van der Waals surface area contributed by atoms with Crippen molar-refractivity contribution >= 4 is 10.0 Å². The van der Waals surface area contributed by atoms with Gasteiger partial charge in [0, 0.05) is 13.1 Å². The molecule has 2 rings (SSSR count). The van der Waals surface area contributed by atoms with Gasteiger partial charge in [-0.15, -0.1) is 0 Å². The van der Waals surface area contributed by atoms with Crippen LogP contribution in [0.15, 0.2) is 29.2 Å². The highest BCUT2D eigenvalue weighted by atomic mass is 32.2. The average Bonchev–Trinajstić information content (AvgIpc) is 3.00. The highest BCUT2D eigenvalue weighted by Crippen LogP contribution is 2.30. The zero-order chi connectivity index (χ0) is 11.1. The molecule has 1 fully saturated rings. The van der Waals surface area contributed by atoms with E-state index in [-0.39, 0.29) is 16.7 Å². The van der Waals surface area contributed by atoms with Crippen molar-refractivity contribution in [3.05, 3.63) is 24.3 Å². The Balaban J connectivity index is 2.36. The van der Waals surface area contributed by atoms with Gasteiger partial charge in [-0.05, 0) is 31.0 Å². The SMILES string of the molecule is CN(C1CC1)S(=O)(=O)c1cccc(O)c1. The Morgan fingerprint density at radius 2 is 2.07 bits per heavy atom. The summed E-state index contributed by atoms with van der Waals surface area (Å²) >= 11 is 0. The average molecular weight is 227 g/mol. The molecule has 1 N–H and O–H groups in total. The summed E-state index contributed by atoms with van der Waals surface area (Å²) in [6.45, 7) is 0. The number of nitrogens with zero attached hydrogens (tertiary/aromatic N) is 1. The second-order valence-electron chi connectivity index (χ2n) is 3.75. The van der Waals surface area contributed by atoms with Crippen LogP contribution in [0.3, 0.4) is 0 Å². The molecule has 0 heterocycles. The molecule has 0 bridgehead atoms. The maximum absolute atomic E-state index is 12.0. The third-order valence-electron chi connectivity index (χ3n) is 2.56. The number of phenolic OH excluding ortho intramolecular Hbond substituents is 1. The van der Waals surface area contributed by atoms with Gasteiger partial charge in [0.25, 0.3) is 0 Å². The fraction of sp³-hybridized carbons (Fsp3) is 0.400. The summed E-state index contributed by atoms with van der Waals surface area (Å²) in [6, 6.07) is 5.89. The van der Waals surface area contributed by atoms with E-state index in [0.717, 1.165) is 12.8 Å². The zero-order valence-electron chi connectivity index (χ0n) is 8.42. The van der Waals surface area contributed by atoms with Crippen LogP contribution in [0.4, 0.5) is 0 Å². The van der Waals surface area contributed by atoms with E-state index < -0.39 is 10.0 Å². The van der Waals surface area contributed by atoms with Crippen molar-refractivity contribution in [3.63, 3.8) is 0 Å². The Morgan fingerprint density at radius 1 is 1.40 bits per heavy atom. The van der Waals surface area contributed by atoms with Crippen LogP contribution < -0.4 is 0 Å². The fourth-order valence-electron chi connectivity index (χ4n) is 1.44. The second-order valence-corrected chi connectivity index (χ2v) is 5.75. The Bertz CT molecular complexity index is 465. The second kappa shape index (κ2) is 3.50. The minimum absolute atomic E-state index is 0.0275. The molecule has 0 saturated heterocycles. The summed E-state index contributed by atoms with van der Waals surface area (Å²) in [5, 5.41) is 9.23. The van der Waals surface area contributed by atoms with Crippen LogP contribution in [0.1, 0.15) is 12.8 Å². The van der Waals surface area contributed by atoms with E-state index in [2.05, 4.69) is 0 Å². The van der Waals surface area contributed by atoms with E-state index >= 15 is 0 Å². The van der Waals surface area contributed by atoms with Crippen molar-refractivity contribution in [2.45, 2.75) is 23.8 Å². The van der Waals surface area contributed by atoms with Gasteiger partial charge in [0.2, 0.25) is 10.0 Å². The molecule has 0 atom stereocenters. The molecular formula is C10H13NO3S. The van der Waals surface area contributed by atoms with Gasteiger partial charge in [-0.2, -0.15) is 4.31 Å². The smallest absolute Gasteiger partial charge is 0.243 e. The lowest BCUT2D eigenvalue weighted by molar-refractivity contribution is 0.458. The maximum Gasteiger partial charge on any atom is 0.243 e. The van der Waals surface area contributed by atoms with Crippen molar-refractivity contribution < 1.29 is 13.5 Å². The van der Waals surface area contributed by atoms with Crippen LogP contribution in [0.2, 0.25) is 0 Å². The highest BCUT2D eigenvalue weighted by molar-refractivity contribution is 7.89. The van der Waals surface area contributed by atoms with Gasteiger partial charge in [0.05, 0.1) is 4.90 Å². The first-order chi connectivity index (χ1) is 7.01. The molecule has 1 aromatic rings. The normalized spacial score (nSPS) is 16.9. The summed E-state index contributed by atoms with van der Waals surface area (Å²) in [6.07, 6.45) is 1.85. The number of phenols is 1. The molecule has 15 heavy (non-hydrogen) atoms. The summed E-state index contributed by atoms with van der Waals surface area (Å²) in [7, 11) is -1.84. The first kappa shape index (κ1) is 10.4. The summed E-state index contributed by atoms with van der Waals surface area (Å²) < 4.78 is 25.3. The summed E-state index contributed by atoms with van der Waals surface area (Å²) in [5.41, 5.74) is 0. The van der Waals surface area contributed by atoms with Crippen LogP contribution in [-0.2, 0) is 10.0 Å². The summed E-state index contributed by atoms with van der Waals surface area (Å²) in [4.78, 5) is 0.150. The molecule has 4 nitrogen and oxygen atoms in total. The lowest BCUT2D eigenvalue weighted by Gasteiger charge is -2.16. The Labute approximate surface area is 89.2 Å². The molecule has 1 aliphatic rings. The van der Waals surface area contributed by atoms with Gasteiger partial charge in [0.1, 0.15) is 5.75 Å². The Morgan fingerprint density at radius 3 is 2.60 bits per heavy atom. The predicted octanol–water partition coefficient (Wildman–Crippen LogP) is 1.18. The van der Waals surface area contributed by atoms with E-state index in [9.17, 15) is 13.5 Å². The van der Waals surface area contributed by atoms with Crippen LogP contribution in [-0.4, -0.2) is 30.9 Å². The zero-order valence-corrected chi connectivity index (χ0v) is 9.24. The quantitative estimate of drug-likeness (QED) is 0.843. The van der Waals surface area contributed by atoms with Gasteiger partial charge in [-0.3, -0.25) is 0 Å². The molecule has 1 aliphatic carbocycles. The van der Waals surface area contributed by atoms with Crippen LogP contribution >= 0.6 is 0 Å². The van der Waals surface area contributed by atoms with Gasteiger partial charge < -0.3 is 5.11 Å². The van der Waals surface area contributed by atoms with Crippen LogP contribution in [0.5, 0.6) is 5.75 Å². The Hall–Kier alpha value is -1.07. The lowest BCUT2D eigenvalue weighted by Crippen LogP contribution is -2.28. The van der Waals surface area contributed by atoms with Gasteiger partial charge in [0.15, 0.2) is 0 Å². The molecule has 82 valence electrons. The monoisotopic (exact) mass is 227 g/mol. The van der Waals surface area contributed by atoms with E-state index in [1.165, 1.54) is 28.6 Å². The highest BCUT2D eigenvalue weighted by Gasteiger charge is 2.34. The lowest BCUT2D eigenvalue weighted by atomic mass is 10.3. The third kappa shape index (κ3) is 1.98. The van der Waals surface area contributed by atoms with Crippen LogP contribution in [0.25, 0.3) is 0 Å². The molecule has 1 aromatic carbocycles. The van der Waals surface area contributed by atoms with E-state index in [1.54, 1.807) is 7.05 Å². The van der Waals surface area contributed by atoms with Gasteiger partial charge in [-0.25, -0.2) is 8.42 Å². The Kier molecular flexibility index (Phi) is 2.44. The van der Waals surface area contributed by atoms with E-state index in [1.807, 2.05) is 0 Å². The first-order valence-corrected chi connectivity index (χ1v) is 6.23. The van der Waals surface area contributed by atoms with Crippen molar-refractivity contribution in [1.82, 2.24) is 4.31 Å². The van der Waals surface area contributed by atoms with Gasteiger partial charge >= 0.3 is 0 Å². The molecular weight excluding hydrogens is 214 g/mol. The largest absolute Gasteiger partial charge is 0.508 e. The van der Waals surface area contributed by atoms with E-state index in [4.69, 9.17) is 0 Å². The molecule has 0 aromatic heterocycles. The molecule has 0 spiro atoms. The van der Waals surface area contributed by atoms with Crippen molar-refractivity contribution in [3.8, 4) is 5.75 Å². The topological polar surface area (TPSA) is 57.6 Å². The fourth-order valence-corrected chi connectivity index (χ4v) is 2.90. The number of benzene rings is 1. The maximum atomic E-state index is 12.0. The minimum atomic E-state index is -3.42. The number of hydrogen-bond donors (Lipinski definition) is 1. The van der Waals surface area contributed by atoms with Crippen molar-refractivity contribution in [1.29, 1.82) is 0 Å². The molecule has 0 aliphatic heterocycles. The van der Waals surface area contributed by atoms with Crippen molar-refractivity contribution in [2.24, 2.45) is 0 Å². The van der Waals surface area contributed by atoms with Gasteiger partial charge in [-0.1, -0.05) is 6.07 Å². The number of aromatic hydroxyl groups is 1. The first-order valence-electron chi connectivity index (χ1n) is 4.79. The minimum Gasteiger partial charge on any atom is -0.508 e. The molecule has 0 amide bonds. The van der Waals surface area contributed by atoms with Crippen LogP contribution in [0, 0.1) is 0 Å². The standard InChI is InChI=1S/C10H13NO3S/c1-11(8-5-6-8)15(13,14)10-4-2-3-9(12)7-10/h2-4,7-8,12H,5-6H2,1H3. The summed E-state index contributed by atoms with van der Waals surface area (Å²) in [5.74, 6) is -0.0275. The molecule has 1 saturated carbocycles. The third-order valence-corrected chi connectivity index (χ3v) is 4.46. The number of sulfonamides is 1. The molecule has 0 radical (unpaired) electrons. The predicted molar refractivity (Wildman–Crippen MR) is 56.1 cm³/mol. The van der Waals surface area contributed by atoms with Crippen molar-refractivity contribution in [2.75, 3.05) is 7.05 Å². The number of rotatable bonds is 3. The van der Waals surface area contributed by atoms with E-state index in [0.29, 0.717) is 0 Å². The molecule has 5 heteroatoms. The number of hydrogen-bond acceptors (Lipinski definition) is 3.